The van der Waals surface area contributed by atoms with Crippen LogP contribution in [0.2, 0.25) is 5.02 Å². The summed E-state index contributed by atoms with van der Waals surface area (Å²) in [6.07, 6.45) is -3.50. The Labute approximate surface area is 173 Å². The van der Waals surface area contributed by atoms with E-state index < -0.39 is 28.1 Å². The van der Waals surface area contributed by atoms with E-state index in [1.54, 1.807) is 0 Å². The summed E-state index contributed by atoms with van der Waals surface area (Å²) in [4.78, 5) is 3.36. The van der Waals surface area contributed by atoms with Gasteiger partial charge in [-0.3, -0.25) is 4.21 Å². The first-order valence-corrected chi connectivity index (χ1v) is 10.6. The van der Waals surface area contributed by atoms with E-state index in [2.05, 4.69) is 31.2 Å². The number of benzene rings is 1. The molecule has 2 heterocycles. The molecule has 2 unspecified atom stereocenters. The van der Waals surface area contributed by atoms with Gasteiger partial charge in [0.2, 0.25) is 0 Å². The van der Waals surface area contributed by atoms with Crippen molar-refractivity contribution in [1.82, 2.24) is 9.78 Å². The second-order valence-corrected chi connectivity index (χ2v) is 8.29. The minimum atomic E-state index is -4.65. The molecule has 28 heavy (non-hydrogen) atoms. The van der Waals surface area contributed by atoms with Crippen molar-refractivity contribution in [3.05, 3.63) is 39.7 Å². The van der Waals surface area contributed by atoms with E-state index in [0.29, 0.717) is 0 Å². The normalized spacial score (nSPS) is 19.0. The van der Waals surface area contributed by atoms with Crippen LogP contribution in [0.4, 0.5) is 24.8 Å². The minimum absolute atomic E-state index is 0.0620. The largest absolute Gasteiger partial charge is 0.416 e. The van der Waals surface area contributed by atoms with E-state index in [-0.39, 0.29) is 44.6 Å². The van der Waals surface area contributed by atoms with Gasteiger partial charge in [0.15, 0.2) is 5.82 Å². The lowest BCUT2D eigenvalue weighted by atomic mass is 9.85. The number of nitriles is 1. The van der Waals surface area contributed by atoms with Gasteiger partial charge >= 0.3 is 12.0 Å². The minimum Gasteiger partial charge on any atom is -0.358 e. The smallest absolute Gasteiger partial charge is 0.358 e. The molecular weight excluding hydrogens is 483 g/mol. The maximum absolute atomic E-state index is 13.3. The fourth-order valence-corrected chi connectivity index (χ4v) is 4.76. The maximum Gasteiger partial charge on any atom is 0.416 e. The van der Waals surface area contributed by atoms with Crippen LogP contribution >= 0.6 is 27.5 Å². The molecule has 6 nitrogen and oxygen atoms in total. The lowest BCUT2D eigenvalue weighted by molar-refractivity contribution is -0.137. The second kappa shape index (κ2) is 7.07. The number of nitrogens with one attached hydrogen (secondary N) is 1. The summed E-state index contributed by atoms with van der Waals surface area (Å²) < 4.78 is 53.4. The molecule has 3 rings (SSSR count). The van der Waals surface area contributed by atoms with E-state index in [1.165, 1.54) is 10.9 Å². The Balaban J connectivity index is 2.46. The SMILES string of the molecule is [C-]#[N+]c1nn2c(c1S(C)=O)NC(CBr)(CC#N)c1cc(C(F)(F)F)cc(Cl)c1-2. The van der Waals surface area contributed by atoms with E-state index in [1.807, 2.05) is 6.07 Å². The van der Waals surface area contributed by atoms with Crippen LogP contribution in [0.5, 0.6) is 0 Å². The predicted octanol–water partition coefficient (Wildman–Crippen LogP) is 4.76. The zero-order valence-electron chi connectivity index (χ0n) is 14.1. The lowest BCUT2D eigenvalue weighted by Crippen LogP contribution is -2.42. The highest BCUT2D eigenvalue weighted by molar-refractivity contribution is 9.09. The van der Waals surface area contributed by atoms with Crippen molar-refractivity contribution >= 4 is 50.0 Å². The summed E-state index contributed by atoms with van der Waals surface area (Å²) >= 11 is 9.48. The highest BCUT2D eigenvalue weighted by Crippen LogP contribution is 2.48. The Kier molecular flexibility index (Phi) is 5.21. The quantitative estimate of drug-likeness (QED) is 0.495. The number of nitrogens with zero attached hydrogens (tertiary/aromatic N) is 4. The molecule has 1 aromatic carbocycles. The average molecular weight is 493 g/mol. The van der Waals surface area contributed by atoms with Gasteiger partial charge in [-0.25, -0.2) is 0 Å². The maximum atomic E-state index is 13.3. The Hall–Kier alpha value is -2.08. The Bertz CT molecular complexity index is 1090. The third-order valence-electron chi connectivity index (χ3n) is 4.30. The van der Waals surface area contributed by atoms with Crippen molar-refractivity contribution in [2.45, 2.75) is 23.0 Å². The molecule has 0 saturated heterocycles. The summed E-state index contributed by atoms with van der Waals surface area (Å²) in [6, 6.07) is 3.65. The third kappa shape index (κ3) is 3.08. The molecule has 0 aliphatic carbocycles. The van der Waals surface area contributed by atoms with Gasteiger partial charge in [-0.2, -0.15) is 18.4 Å². The van der Waals surface area contributed by atoms with Crippen molar-refractivity contribution in [2.75, 3.05) is 16.9 Å². The monoisotopic (exact) mass is 491 g/mol. The Morgan fingerprint density at radius 1 is 1.54 bits per heavy atom. The van der Waals surface area contributed by atoms with E-state index in [9.17, 15) is 22.6 Å². The summed E-state index contributed by atoms with van der Waals surface area (Å²) in [5, 5.41) is 16.2. The summed E-state index contributed by atoms with van der Waals surface area (Å²) in [5.74, 6) is 0.00303. The third-order valence-corrected chi connectivity index (χ3v) is 6.50. The number of aromatic nitrogens is 2. The average Bonchev–Trinajstić information content (AvgIpc) is 2.98. The van der Waals surface area contributed by atoms with Gasteiger partial charge in [0.1, 0.15) is 10.6 Å². The molecule has 1 aliphatic rings. The molecule has 1 N–H and O–H groups in total. The number of alkyl halides is 4. The van der Waals surface area contributed by atoms with Gasteiger partial charge in [-0.1, -0.05) is 34.1 Å². The summed E-state index contributed by atoms with van der Waals surface area (Å²) in [7, 11) is -1.62. The van der Waals surface area contributed by atoms with Gasteiger partial charge in [-0.15, -0.1) is 4.68 Å². The van der Waals surface area contributed by atoms with Crippen molar-refractivity contribution in [2.24, 2.45) is 0 Å². The molecule has 0 fully saturated rings. The topological polar surface area (TPSA) is 75.1 Å². The zero-order chi connectivity index (χ0) is 20.9. The van der Waals surface area contributed by atoms with Crippen LogP contribution in [0.3, 0.4) is 0 Å². The standard InChI is InChI=1S/C16H10BrClF3N5OS/c1-23-13-12(28(2)27)14-24-15(7-17,3-4-22)9-5-8(16(19,20)21)6-10(18)11(9)26(14)25-13/h5-6,24H,3,7H2,2H3. The number of fused-ring (bicyclic) bond motifs is 3. The molecular formula is C16H10BrClF3N5OS. The number of halogens is 5. The first-order valence-electron chi connectivity index (χ1n) is 7.56. The van der Waals surface area contributed by atoms with Crippen molar-refractivity contribution < 1.29 is 17.4 Å². The summed E-state index contributed by atoms with van der Waals surface area (Å²) in [6.45, 7) is 7.28. The lowest BCUT2D eigenvalue weighted by Gasteiger charge is -2.38. The zero-order valence-corrected chi connectivity index (χ0v) is 17.2. The van der Waals surface area contributed by atoms with Gasteiger partial charge in [-0.05, 0) is 17.2 Å². The fraction of sp³-hybridized carbons (Fsp3) is 0.312. The van der Waals surface area contributed by atoms with Gasteiger partial charge < -0.3 is 10.2 Å². The number of anilines is 1. The van der Waals surface area contributed by atoms with Crippen LogP contribution in [0, 0.1) is 17.9 Å². The molecule has 0 saturated carbocycles. The van der Waals surface area contributed by atoms with Crippen LogP contribution in [0.15, 0.2) is 17.0 Å². The number of rotatable bonds is 3. The number of hydrogen-bond donors (Lipinski definition) is 1. The van der Waals surface area contributed by atoms with Crippen LogP contribution in [-0.2, 0) is 22.5 Å². The summed E-state index contributed by atoms with van der Waals surface area (Å²) in [5.41, 5.74) is -2.05. The van der Waals surface area contributed by atoms with E-state index in [0.717, 1.165) is 12.1 Å². The highest BCUT2D eigenvalue weighted by Gasteiger charge is 2.45. The predicted molar refractivity (Wildman–Crippen MR) is 101 cm³/mol. The molecule has 0 spiro atoms. The molecule has 2 atom stereocenters. The van der Waals surface area contributed by atoms with Crippen LogP contribution in [0.1, 0.15) is 17.5 Å². The van der Waals surface area contributed by atoms with Crippen molar-refractivity contribution in [3.63, 3.8) is 0 Å². The van der Waals surface area contributed by atoms with Gasteiger partial charge in [0, 0.05) is 27.9 Å². The molecule has 0 amide bonds. The first-order chi connectivity index (χ1) is 13.1. The fourth-order valence-electron chi connectivity index (χ4n) is 3.07. The first kappa shape index (κ1) is 20.6. The van der Waals surface area contributed by atoms with Crippen molar-refractivity contribution in [1.29, 1.82) is 5.26 Å². The molecule has 0 radical (unpaired) electrons. The molecule has 0 bridgehead atoms. The molecule has 146 valence electrons. The van der Waals surface area contributed by atoms with Crippen LogP contribution in [-0.4, -0.2) is 25.6 Å². The van der Waals surface area contributed by atoms with Gasteiger partial charge in [0.25, 0.3) is 0 Å². The molecule has 1 aromatic heterocycles. The Morgan fingerprint density at radius 3 is 2.71 bits per heavy atom. The van der Waals surface area contributed by atoms with E-state index >= 15 is 0 Å². The van der Waals surface area contributed by atoms with E-state index in [4.69, 9.17) is 18.2 Å². The Morgan fingerprint density at radius 2 is 2.21 bits per heavy atom. The highest BCUT2D eigenvalue weighted by atomic mass is 79.9. The number of hydrogen-bond acceptors (Lipinski definition) is 4. The molecule has 1 aliphatic heterocycles. The van der Waals surface area contributed by atoms with Crippen LogP contribution in [0.25, 0.3) is 10.5 Å². The van der Waals surface area contributed by atoms with Gasteiger partial charge in [0.05, 0.1) is 28.6 Å². The molecule has 12 heteroatoms. The van der Waals surface area contributed by atoms with Crippen LogP contribution < -0.4 is 5.32 Å². The second-order valence-electron chi connectivity index (χ2n) is 6.01. The van der Waals surface area contributed by atoms with Crippen molar-refractivity contribution in [3.8, 4) is 11.8 Å². The molecule has 2 aromatic rings.